The number of carbonyl (C=O) groups is 1. The van der Waals surface area contributed by atoms with Crippen LogP contribution in [0.5, 0.6) is 28.7 Å². The van der Waals surface area contributed by atoms with Crippen molar-refractivity contribution >= 4 is 28.6 Å². The van der Waals surface area contributed by atoms with Crippen molar-refractivity contribution in [2.24, 2.45) is 5.92 Å². The Kier molecular flexibility index (Phi) is 7.34. The van der Waals surface area contributed by atoms with Crippen molar-refractivity contribution in [2.45, 2.75) is 0 Å². The molecule has 0 unspecified atom stereocenters. The van der Waals surface area contributed by atoms with Crippen LogP contribution in [0.3, 0.4) is 0 Å². The third-order valence-corrected chi connectivity index (χ3v) is 6.57. The molecular formula is C28H27N9O5. The van der Waals surface area contributed by atoms with Crippen molar-refractivity contribution in [2.75, 3.05) is 45.0 Å². The van der Waals surface area contributed by atoms with E-state index in [2.05, 4.69) is 35.7 Å². The maximum Gasteiger partial charge on any atom is 0.281 e. The number of hydrogen-bond donors (Lipinski definition) is 3. The Hall–Kier alpha value is -5.50. The van der Waals surface area contributed by atoms with Crippen molar-refractivity contribution in [3.05, 3.63) is 67.0 Å². The molecule has 0 saturated carbocycles. The molecule has 14 heteroatoms. The van der Waals surface area contributed by atoms with E-state index in [9.17, 15) is 4.79 Å². The third-order valence-electron chi connectivity index (χ3n) is 6.57. The number of rotatable bonds is 10. The van der Waals surface area contributed by atoms with Crippen LogP contribution in [0.1, 0.15) is 10.5 Å². The van der Waals surface area contributed by atoms with Gasteiger partial charge in [-0.15, -0.1) is 0 Å². The molecule has 5 aromatic rings. The highest BCUT2D eigenvalue weighted by molar-refractivity contribution is 6.04. The highest BCUT2D eigenvalue weighted by Gasteiger charge is 2.23. The second-order valence-electron chi connectivity index (χ2n) is 9.39. The topological polar surface area (TPSA) is 173 Å². The molecule has 1 amide bonds. The van der Waals surface area contributed by atoms with E-state index in [1.54, 1.807) is 56.9 Å². The maximum absolute atomic E-state index is 13.3. The Morgan fingerprint density at radius 3 is 2.48 bits per heavy atom. The van der Waals surface area contributed by atoms with E-state index in [4.69, 9.17) is 24.7 Å². The molecule has 5 heterocycles. The first-order valence-corrected chi connectivity index (χ1v) is 13.0. The monoisotopic (exact) mass is 569 g/mol. The summed E-state index contributed by atoms with van der Waals surface area (Å²) in [5.41, 5.74) is 6.90. The molecule has 42 heavy (non-hydrogen) atoms. The van der Waals surface area contributed by atoms with E-state index in [0.717, 1.165) is 18.5 Å². The van der Waals surface area contributed by atoms with E-state index in [1.165, 1.54) is 23.3 Å². The molecular weight excluding hydrogens is 542 g/mol. The van der Waals surface area contributed by atoms with Crippen molar-refractivity contribution in [1.82, 2.24) is 35.0 Å². The minimum atomic E-state index is -0.491. The van der Waals surface area contributed by atoms with Crippen molar-refractivity contribution in [3.8, 4) is 34.4 Å². The van der Waals surface area contributed by atoms with Gasteiger partial charge < -0.3 is 35.3 Å². The standard InChI is InChI=1S/C28H27N9O5/c1-39-22-7-19-20(8-23(22)40-2)31-6-5-21(19)42-18-3-4-25(32-13-18)35-27(38)26-24(41-15-16-9-30-10-16)14-37(36-26)17-11-33-28(29)34-12-17/h3-8,11-14,16,30H,9-10,15H2,1-2H3,(H2,29,33,34)(H,32,35,38). The second-order valence-corrected chi connectivity index (χ2v) is 9.39. The van der Waals surface area contributed by atoms with E-state index < -0.39 is 5.91 Å². The number of carbonyl (C=O) groups excluding carboxylic acids is 1. The number of anilines is 2. The maximum atomic E-state index is 13.3. The minimum Gasteiger partial charge on any atom is -0.493 e. The molecule has 0 bridgehead atoms. The zero-order chi connectivity index (χ0) is 29.1. The number of nitrogens with one attached hydrogen (secondary N) is 2. The SMILES string of the molecule is COc1cc2nccc(Oc3ccc(NC(=O)c4nn(-c5cnc(N)nc5)cc4OCC4CNC4)nc3)c2cc1OC. The van der Waals surface area contributed by atoms with E-state index in [-0.39, 0.29) is 11.6 Å². The summed E-state index contributed by atoms with van der Waals surface area (Å²) in [5.74, 6) is 2.77. The molecule has 1 aliphatic heterocycles. The summed E-state index contributed by atoms with van der Waals surface area (Å²) in [4.78, 5) is 30.0. The van der Waals surface area contributed by atoms with E-state index in [0.29, 0.717) is 58.3 Å². The Bertz CT molecular complexity index is 1720. The molecule has 0 aliphatic carbocycles. The smallest absolute Gasteiger partial charge is 0.281 e. The molecule has 14 nitrogen and oxygen atoms in total. The first-order valence-electron chi connectivity index (χ1n) is 13.0. The highest BCUT2D eigenvalue weighted by Crippen LogP contribution is 2.36. The fourth-order valence-electron chi connectivity index (χ4n) is 4.23. The Morgan fingerprint density at radius 2 is 1.79 bits per heavy atom. The van der Waals surface area contributed by atoms with Crippen molar-refractivity contribution in [1.29, 1.82) is 0 Å². The number of pyridine rings is 2. The zero-order valence-electron chi connectivity index (χ0n) is 22.8. The molecule has 6 rings (SSSR count). The van der Waals surface area contributed by atoms with Gasteiger partial charge in [0.25, 0.3) is 5.91 Å². The lowest BCUT2D eigenvalue weighted by Gasteiger charge is -2.26. The summed E-state index contributed by atoms with van der Waals surface area (Å²) in [6.45, 7) is 2.16. The van der Waals surface area contributed by atoms with Gasteiger partial charge in [-0.3, -0.25) is 9.78 Å². The number of methoxy groups -OCH3 is 2. The van der Waals surface area contributed by atoms with E-state index in [1.807, 2.05) is 0 Å². The van der Waals surface area contributed by atoms with Gasteiger partial charge in [0.1, 0.15) is 23.0 Å². The summed E-state index contributed by atoms with van der Waals surface area (Å²) < 4.78 is 24.3. The van der Waals surface area contributed by atoms with Crippen LogP contribution >= 0.6 is 0 Å². The molecule has 1 aliphatic rings. The lowest BCUT2D eigenvalue weighted by Crippen LogP contribution is -2.45. The predicted molar refractivity (Wildman–Crippen MR) is 153 cm³/mol. The first-order chi connectivity index (χ1) is 20.5. The normalized spacial score (nSPS) is 12.9. The third kappa shape index (κ3) is 5.55. The lowest BCUT2D eigenvalue weighted by molar-refractivity contribution is 0.101. The number of fused-ring (bicyclic) bond motifs is 1. The van der Waals surface area contributed by atoms with Crippen LogP contribution < -0.4 is 35.3 Å². The predicted octanol–water partition coefficient (Wildman–Crippen LogP) is 2.85. The Balaban J connectivity index is 1.19. The van der Waals surface area contributed by atoms with Gasteiger partial charge in [0, 0.05) is 36.7 Å². The van der Waals surface area contributed by atoms with Crippen LogP contribution in [0.15, 0.2) is 61.3 Å². The fraction of sp³-hybridized carbons (Fsp3) is 0.214. The van der Waals surface area contributed by atoms with Crippen LogP contribution in [0.4, 0.5) is 11.8 Å². The molecule has 1 saturated heterocycles. The van der Waals surface area contributed by atoms with Gasteiger partial charge >= 0.3 is 0 Å². The van der Waals surface area contributed by atoms with Crippen LogP contribution in [0.2, 0.25) is 0 Å². The van der Waals surface area contributed by atoms with Crippen LogP contribution in [0, 0.1) is 5.92 Å². The minimum absolute atomic E-state index is 0.0915. The molecule has 0 atom stereocenters. The van der Waals surface area contributed by atoms with Gasteiger partial charge in [0.2, 0.25) is 5.95 Å². The summed E-state index contributed by atoms with van der Waals surface area (Å²) in [5, 5.41) is 11.1. The number of amides is 1. The summed E-state index contributed by atoms with van der Waals surface area (Å²) in [6, 6.07) is 8.65. The number of hydrogen-bond acceptors (Lipinski definition) is 12. The molecule has 1 fully saturated rings. The average molecular weight is 570 g/mol. The molecule has 4 aromatic heterocycles. The number of ether oxygens (including phenoxy) is 4. The number of nitrogen functional groups attached to an aromatic ring is 1. The van der Waals surface area contributed by atoms with Gasteiger partial charge in [0.05, 0.1) is 51.1 Å². The first kappa shape index (κ1) is 26.7. The number of aromatic nitrogens is 6. The molecule has 214 valence electrons. The summed E-state index contributed by atoms with van der Waals surface area (Å²) in [6.07, 6.45) is 7.78. The molecule has 4 N–H and O–H groups in total. The van der Waals surface area contributed by atoms with Gasteiger partial charge in [-0.25, -0.2) is 19.6 Å². The number of nitrogens with two attached hydrogens (primary N) is 1. The molecule has 0 radical (unpaired) electrons. The van der Waals surface area contributed by atoms with Gasteiger partial charge in [-0.1, -0.05) is 0 Å². The summed E-state index contributed by atoms with van der Waals surface area (Å²) in [7, 11) is 3.13. The molecule has 0 spiro atoms. The van der Waals surface area contributed by atoms with Gasteiger partial charge in [-0.05, 0) is 24.3 Å². The van der Waals surface area contributed by atoms with E-state index >= 15 is 0 Å². The molecule has 1 aromatic carbocycles. The average Bonchev–Trinajstić information content (AvgIpc) is 3.41. The van der Waals surface area contributed by atoms with Crippen LogP contribution in [0.25, 0.3) is 16.6 Å². The van der Waals surface area contributed by atoms with Crippen LogP contribution in [-0.2, 0) is 0 Å². The Morgan fingerprint density at radius 1 is 1.00 bits per heavy atom. The van der Waals surface area contributed by atoms with Gasteiger partial charge in [-0.2, -0.15) is 5.10 Å². The second kappa shape index (κ2) is 11.5. The fourth-order valence-corrected chi connectivity index (χ4v) is 4.23. The van der Waals surface area contributed by atoms with Crippen LogP contribution in [-0.4, -0.2) is 69.5 Å². The lowest BCUT2D eigenvalue weighted by atomic mass is 10.1. The van der Waals surface area contributed by atoms with Crippen molar-refractivity contribution in [3.63, 3.8) is 0 Å². The zero-order valence-corrected chi connectivity index (χ0v) is 22.8. The number of benzene rings is 1. The highest BCUT2D eigenvalue weighted by atomic mass is 16.5. The largest absolute Gasteiger partial charge is 0.493 e. The van der Waals surface area contributed by atoms with Crippen molar-refractivity contribution < 1.29 is 23.7 Å². The number of nitrogens with zero attached hydrogens (tertiary/aromatic N) is 6. The quantitative estimate of drug-likeness (QED) is 0.225. The van der Waals surface area contributed by atoms with Gasteiger partial charge in [0.15, 0.2) is 22.9 Å². The summed E-state index contributed by atoms with van der Waals surface area (Å²) >= 11 is 0. The Labute approximate surface area is 239 Å².